The van der Waals surface area contributed by atoms with Gasteiger partial charge in [-0.3, -0.25) is 28.4 Å². The van der Waals surface area contributed by atoms with E-state index in [1.165, 1.54) is 109 Å². The maximum atomic E-state index is 14.3. The van der Waals surface area contributed by atoms with Crippen molar-refractivity contribution in [3.63, 3.8) is 0 Å². The lowest BCUT2D eigenvalue weighted by molar-refractivity contribution is 0.00578. The zero-order chi connectivity index (χ0) is 75.1. The molecule has 0 spiro atoms. The lowest BCUT2D eigenvalue weighted by Crippen LogP contribution is -2.41. The highest BCUT2D eigenvalue weighted by molar-refractivity contribution is 9.08. The van der Waals surface area contributed by atoms with Gasteiger partial charge in [-0.1, -0.05) is 74.9 Å². The SMILES string of the molecule is BrCc1ccc2c(c1)OCO2.COc1ncc(-c2cc(C)nc(SC)n2)cc1F.COc1ncc(B2OC(C)(C)C(C)(C)O2)cc1F.CSc1nc(C)cc(-c2c[nH]c(=O)c(F)c2)n1.CSc1nc(C)cc(Cl)n1.Cc1cc(-c2cc(F)c(=O)n(Cc3ccc4c(c3)OCO4)c2)nc(S(C)(=O)=O)n1.F.F.F.F. The molecule has 0 amide bonds. The summed E-state index contributed by atoms with van der Waals surface area (Å²) in [5, 5.41) is 3.00. The van der Waals surface area contributed by atoms with Gasteiger partial charge in [0.1, 0.15) is 5.15 Å². The molecule has 13 rings (SSSR count). The summed E-state index contributed by atoms with van der Waals surface area (Å²) < 4.78 is 122. The van der Waals surface area contributed by atoms with E-state index in [0.717, 1.165) is 51.4 Å². The Morgan fingerprint density at radius 3 is 1.50 bits per heavy atom. The third kappa shape index (κ3) is 24.5. The van der Waals surface area contributed by atoms with Crippen molar-refractivity contribution in [1.82, 2.24) is 59.4 Å². The van der Waals surface area contributed by atoms with Crippen molar-refractivity contribution in [2.24, 2.45) is 0 Å². The van der Waals surface area contributed by atoms with Crippen LogP contribution >= 0.6 is 62.8 Å². The predicted octanol–water partition coefficient (Wildman–Crippen LogP) is 13.3. The van der Waals surface area contributed by atoms with Gasteiger partial charge in [-0.05, 0) is 158 Å². The van der Waals surface area contributed by atoms with E-state index in [2.05, 4.69) is 70.8 Å². The Kier molecular flexibility index (Phi) is 34.0. The van der Waals surface area contributed by atoms with Gasteiger partial charge in [0.05, 0.1) is 49.0 Å². The van der Waals surface area contributed by atoms with Gasteiger partial charge in [-0.25, -0.2) is 75.8 Å². The van der Waals surface area contributed by atoms with Gasteiger partial charge in [-0.15, -0.1) is 0 Å². The maximum Gasteiger partial charge on any atom is 0.496 e. The molecule has 24 nitrogen and oxygen atoms in total. The molecule has 0 unspecified atom stereocenters. The molecule has 1 N–H and O–H groups in total. The molecule has 10 aromatic rings. The third-order valence-electron chi connectivity index (χ3n) is 14.9. The number of H-pyrrole nitrogens is 1. The first kappa shape index (κ1) is 90.3. The molecule has 1 fully saturated rings. The average molecular weight is 1660 g/mol. The number of rotatable bonds is 13. The monoisotopic (exact) mass is 1650 g/mol. The molecular formula is C68H73BBrClF8N12O12S4. The average Bonchev–Trinajstić information content (AvgIpc) is 1.69. The standard InChI is InChI=1S/C19H16FN3O5S.C12H17BFNO3.C12H12FN3OS.C11H10FN3OS.C8H7BrO2.C6H7ClN2S.4FH/c1-11-5-15(22-19(21-11)29(2,25)26)13-7-14(20)18(24)23(9-13)8-12-3-4-16-17(6-12)28-10-27-16;1-11(2)12(3,4)18-13(17-11)8-6-9(14)10(16-5)15-7-8;1-7-4-10(16-12(15-7)18-3)8-5-9(13)11(17-2)14-6-8;1-6-3-9(15-11(14-6)17-2)7-4-8(12)10(16)13-5-7;9-4-6-1-2-7-8(3-6)11-5-10-7;1-4-3-5(7)9-6(8-4)10-2;;;;/h3-7,9H,8,10H2,1-2H3;6-7H,1-5H3;4-6H,1-3H3;3-5H,1-2H3,(H,13,16);1-3H,4-5H2;3H,1-2H3;4*1H. The Hall–Kier alpha value is -9.05. The smallest absolute Gasteiger partial charge is 0.479 e. The summed E-state index contributed by atoms with van der Waals surface area (Å²) in [5.41, 5.74) is 5.82. The minimum atomic E-state index is -3.65. The lowest BCUT2D eigenvalue weighted by atomic mass is 9.80. The third-order valence-corrected chi connectivity index (χ3v) is 18.2. The van der Waals surface area contributed by atoms with Crippen molar-refractivity contribution in [1.29, 1.82) is 0 Å². The molecule has 107 heavy (non-hydrogen) atoms. The van der Waals surface area contributed by atoms with E-state index < -0.39 is 62.5 Å². The van der Waals surface area contributed by atoms with Crippen LogP contribution in [0.15, 0.2) is 140 Å². The number of alkyl halides is 1. The number of thioether (sulfide) groups is 3. The van der Waals surface area contributed by atoms with Gasteiger partial charge in [0.15, 0.2) is 61.7 Å². The van der Waals surface area contributed by atoms with Gasteiger partial charge in [0.2, 0.25) is 40.3 Å². The first-order chi connectivity index (χ1) is 48.8. The number of aryl methyl sites for hydroxylation is 4. The molecular weight excluding hydrogens is 1580 g/mol. The van der Waals surface area contributed by atoms with Gasteiger partial charge >= 0.3 is 7.12 Å². The van der Waals surface area contributed by atoms with Crippen molar-refractivity contribution in [2.75, 3.05) is 52.8 Å². The summed E-state index contributed by atoms with van der Waals surface area (Å²) in [4.78, 5) is 66.4. The zero-order valence-electron chi connectivity index (χ0n) is 59.7. The fraction of sp³-hybridized carbons (Fsp3) is 0.294. The molecule has 2 aromatic carbocycles. The summed E-state index contributed by atoms with van der Waals surface area (Å²) in [7, 11) is -1.50. The molecule has 1 saturated heterocycles. The van der Waals surface area contributed by atoms with Crippen LogP contribution in [0.4, 0.5) is 36.4 Å². The predicted molar refractivity (Wildman–Crippen MR) is 399 cm³/mol. The highest BCUT2D eigenvalue weighted by Gasteiger charge is 2.52. The molecule has 0 atom stereocenters. The lowest BCUT2D eigenvalue weighted by Gasteiger charge is -2.32. The van der Waals surface area contributed by atoms with Crippen LogP contribution in [0.5, 0.6) is 34.8 Å². The van der Waals surface area contributed by atoms with Crippen molar-refractivity contribution in [3.8, 4) is 68.5 Å². The van der Waals surface area contributed by atoms with Crippen LogP contribution in [0.2, 0.25) is 5.15 Å². The van der Waals surface area contributed by atoms with Crippen LogP contribution < -0.4 is 45.0 Å². The molecule has 39 heteroatoms. The molecule has 0 bridgehead atoms. The number of aromatic amines is 1. The fourth-order valence-corrected chi connectivity index (χ4v) is 11.6. The van der Waals surface area contributed by atoms with Crippen LogP contribution in [0, 0.1) is 51.0 Å². The summed E-state index contributed by atoms with van der Waals surface area (Å²) in [6, 6.07) is 22.8. The van der Waals surface area contributed by atoms with Crippen LogP contribution in [0.1, 0.15) is 61.6 Å². The fourth-order valence-electron chi connectivity index (χ4n) is 9.15. The summed E-state index contributed by atoms with van der Waals surface area (Å²) in [6.07, 6.45) is 12.6. The Bertz CT molecular complexity index is 4930. The zero-order valence-corrected chi connectivity index (χ0v) is 65.3. The summed E-state index contributed by atoms with van der Waals surface area (Å²) in [5.74, 6) is -0.0183. The molecule has 0 saturated carbocycles. The van der Waals surface area contributed by atoms with Crippen LogP contribution in [0.3, 0.4) is 0 Å². The normalized spacial score (nSPS) is 12.8. The number of nitrogens with one attached hydrogen (secondary N) is 1. The second-order valence-corrected chi connectivity index (χ2v) is 28.4. The number of fused-ring (bicyclic) bond motifs is 2. The molecule has 574 valence electrons. The molecule has 0 radical (unpaired) electrons. The molecule has 3 aliphatic heterocycles. The second-order valence-electron chi connectivity index (χ2n) is 23.2. The van der Waals surface area contributed by atoms with Crippen molar-refractivity contribution in [3.05, 3.63) is 193 Å². The maximum absolute atomic E-state index is 14.3. The Morgan fingerprint density at radius 2 is 1.02 bits per heavy atom. The molecule has 3 aliphatic rings. The van der Waals surface area contributed by atoms with Gasteiger partial charge in [0, 0.05) is 81.3 Å². The molecule has 0 aliphatic carbocycles. The Morgan fingerprint density at radius 1 is 0.570 bits per heavy atom. The number of aromatic nitrogens is 12. The Balaban J connectivity index is 0.000000278. The number of methoxy groups -OCH3 is 2. The second kappa shape index (κ2) is 40.2. The number of pyridine rings is 4. The topological polar surface area (TPSA) is 292 Å². The van der Waals surface area contributed by atoms with E-state index in [9.17, 15) is 35.6 Å². The quantitative estimate of drug-likeness (QED) is 0.0280. The van der Waals surface area contributed by atoms with Crippen molar-refractivity contribution >= 4 is 85.2 Å². The number of hydrogen-bond acceptors (Lipinski definition) is 25. The largest absolute Gasteiger partial charge is 0.496 e. The van der Waals surface area contributed by atoms with Crippen molar-refractivity contribution in [2.45, 2.75) is 99.1 Å². The van der Waals surface area contributed by atoms with Crippen LogP contribution in [-0.2, 0) is 31.0 Å². The van der Waals surface area contributed by atoms with E-state index in [-0.39, 0.29) is 60.3 Å². The van der Waals surface area contributed by atoms with E-state index in [1.54, 1.807) is 43.3 Å². The van der Waals surface area contributed by atoms with E-state index in [0.29, 0.717) is 73.0 Å². The highest BCUT2D eigenvalue weighted by Crippen LogP contribution is 2.38. The van der Waals surface area contributed by atoms with Crippen LogP contribution in [0.25, 0.3) is 33.8 Å². The number of halogens is 10. The summed E-state index contributed by atoms with van der Waals surface area (Å²) >= 11 is 13.4. The number of hydrogen-bond donors (Lipinski definition) is 1. The van der Waals surface area contributed by atoms with E-state index in [1.807, 2.05) is 85.4 Å². The number of sulfone groups is 1. The minimum Gasteiger partial charge on any atom is -0.479 e. The number of nitrogens with zero attached hydrogens (tertiary/aromatic N) is 11. The molecule has 8 aromatic heterocycles. The van der Waals surface area contributed by atoms with Gasteiger partial charge in [0.25, 0.3) is 11.1 Å². The molecule has 11 heterocycles. The summed E-state index contributed by atoms with van der Waals surface area (Å²) in [6.45, 7) is 15.6. The van der Waals surface area contributed by atoms with Crippen molar-refractivity contribution < 1.29 is 82.5 Å². The van der Waals surface area contributed by atoms with Gasteiger partial charge in [-0.2, -0.15) is 0 Å². The van der Waals surface area contributed by atoms with Crippen LogP contribution in [-0.4, -0.2) is 139 Å². The van der Waals surface area contributed by atoms with E-state index >= 15 is 0 Å². The first-order valence-corrected chi connectivity index (χ1v) is 37.7. The number of benzene rings is 2. The number of ether oxygens (including phenoxy) is 6. The highest BCUT2D eigenvalue weighted by atomic mass is 79.9. The minimum absolute atomic E-state index is 0. The first-order valence-electron chi connectivity index (χ1n) is 30.6. The Labute approximate surface area is 636 Å². The van der Waals surface area contributed by atoms with Gasteiger partial charge < -0.3 is 47.3 Å². The van der Waals surface area contributed by atoms with E-state index in [4.69, 9.17) is 49.3 Å².